The van der Waals surface area contributed by atoms with E-state index in [0.29, 0.717) is 5.69 Å². The first-order valence-corrected chi connectivity index (χ1v) is 8.66. The summed E-state index contributed by atoms with van der Waals surface area (Å²) >= 11 is 0. The van der Waals surface area contributed by atoms with Crippen molar-refractivity contribution in [1.29, 1.82) is 0 Å². The van der Waals surface area contributed by atoms with Gasteiger partial charge in [-0.1, -0.05) is 6.07 Å². The largest absolute Gasteiger partial charge is 0.461 e. The lowest BCUT2D eigenvalue weighted by Gasteiger charge is -2.28. The van der Waals surface area contributed by atoms with E-state index >= 15 is 0 Å². The molecule has 3 rings (SSSR count). The van der Waals surface area contributed by atoms with Crippen molar-refractivity contribution in [3.8, 4) is 0 Å². The summed E-state index contributed by atoms with van der Waals surface area (Å²) in [5.74, 6) is -3.74. The zero-order valence-corrected chi connectivity index (χ0v) is 15.9. The summed E-state index contributed by atoms with van der Waals surface area (Å²) in [4.78, 5) is 51.9. The zero-order valence-electron chi connectivity index (χ0n) is 15.9. The van der Waals surface area contributed by atoms with Gasteiger partial charge in [-0.05, 0) is 51.0 Å². The van der Waals surface area contributed by atoms with Crippen LogP contribution in [-0.4, -0.2) is 46.6 Å². The third-order valence-electron chi connectivity index (χ3n) is 5.12. The third kappa shape index (κ3) is 2.55. The molecule has 0 radical (unpaired) electrons. The topological polar surface area (TPSA) is 96.3 Å². The van der Waals surface area contributed by atoms with Gasteiger partial charge in [-0.2, -0.15) is 5.10 Å². The first-order valence-electron chi connectivity index (χ1n) is 8.66. The monoisotopic (exact) mass is 371 g/mol. The SMILES string of the molecule is CCOC(=O)C1=NN(C(C)=O)C2(C)C(=O)N(c3ccc(C)c(C)c3)C(=O)C12. The van der Waals surface area contributed by atoms with Crippen LogP contribution < -0.4 is 4.90 Å². The smallest absolute Gasteiger partial charge is 0.355 e. The van der Waals surface area contributed by atoms with Crippen molar-refractivity contribution < 1.29 is 23.9 Å². The molecular weight excluding hydrogens is 350 g/mol. The molecule has 0 saturated carbocycles. The van der Waals surface area contributed by atoms with Gasteiger partial charge in [0.2, 0.25) is 11.8 Å². The number of nitrogens with zero attached hydrogens (tertiary/aromatic N) is 3. The van der Waals surface area contributed by atoms with Gasteiger partial charge >= 0.3 is 5.97 Å². The molecule has 27 heavy (non-hydrogen) atoms. The van der Waals surface area contributed by atoms with Crippen molar-refractivity contribution in [3.63, 3.8) is 0 Å². The predicted molar refractivity (Wildman–Crippen MR) is 96.9 cm³/mol. The fourth-order valence-electron chi connectivity index (χ4n) is 3.56. The second kappa shape index (κ2) is 6.29. The summed E-state index contributed by atoms with van der Waals surface area (Å²) in [6.45, 7) is 8.20. The molecular formula is C19H21N3O5. The lowest BCUT2D eigenvalue weighted by Crippen LogP contribution is -2.52. The van der Waals surface area contributed by atoms with Crippen molar-refractivity contribution in [2.24, 2.45) is 11.0 Å². The van der Waals surface area contributed by atoms with Gasteiger partial charge in [0.1, 0.15) is 5.92 Å². The van der Waals surface area contributed by atoms with Gasteiger partial charge in [-0.25, -0.2) is 14.7 Å². The van der Waals surface area contributed by atoms with Crippen LogP contribution in [0.3, 0.4) is 0 Å². The Balaban J connectivity index is 2.12. The van der Waals surface area contributed by atoms with Crippen LogP contribution in [0.5, 0.6) is 0 Å². The Bertz CT molecular complexity index is 907. The number of imide groups is 1. The first-order chi connectivity index (χ1) is 12.6. The third-order valence-corrected chi connectivity index (χ3v) is 5.12. The minimum absolute atomic E-state index is 0.0877. The molecule has 1 saturated heterocycles. The Morgan fingerprint density at radius 3 is 2.44 bits per heavy atom. The standard InChI is InChI=1S/C19H21N3O5/c1-6-27-17(25)15-14-16(24)21(13-8-7-10(2)11(3)9-13)18(26)19(14,5)22(20-15)12(4)23/h7-9,14H,6H2,1-5H3. The summed E-state index contributed by atoms with van der Waals surface area (Å²) in [6, 6.07) is 5.21. The Labute approximate surface area is 156 Å². The van der Waals surface area contributed by atoms with Gasteiger partial charge in [-0.3, -0.25) is 14.4 Å². The average Bonchev–Trinajstić information content (AvgIpc) is 3.01. The number of ether oxygens (including phenoxy) is 1. The zero-order chi connectivity index (χ0) is 20.1. The summed E-state index contributed by atoms with van der Waals surface area (Å²) in [7, 11) is 0. The maximum atomic E-state index is 13.2. The molecule has 2 unspecified atom stereocenters. The van der Waals surface area contributed by atoms with Crippen LogP contribution >= 0.6 is 0 Å². The number of carbonyl (C=O) groups is 4. The minimum Gasteiger partial charge on any atom is -0.461 e. The Morgan fingerprint density at radius 2 is 1.89 bits per heavy atom. The predicted octanol–water partition coefficient (Wildman–Crippen LogP) is 1.33. The highest BCUT2D eigenvalue weighted by Gasteiger charge is 2.67. The van der Waals surface area contributed by atoms with Crippen molar-refractivity contribution >= 4 is 35.1 Å². The lowest BCUT2D eigenvalue weighted by molar-refractivity contribution is -0.142. The van der Waals surface area contributed by atoms with E-state index in [2.05, 4.69) is 5.10 Å². The number of benzene rings is 1. The van der Waals surface area contributed by atoms with Gasteiger partial charge in [0.25, 0.3) is 5.91 Å². The Kier molecular flexibility index (Phi) is 4.37. The maximum absolute atomic E-state index is 13.2. The molecule has 0 spiro atoms. The molecule has 1 aromatic carbocycles. The molecule has 2 atom stereocenters. The highest BCUT2D eigenvalue weighted by molar-refractivity contribution is 6.47. The summed E-state index contributed by atoms with van der Waals surface area (Å²) in [5.41, 5.74) is 0.514. The van der Waals surface area contributed by atoms with E-state index in [1.165, 1.54) is 13.8 Å². The van der Waals surface area contributed by atoms with Crippen molar-refractivity contribution in [2.45, 2.75) is 40.2 Å². The van der Waals surface area contributed by atoms with E-state index in [-0.39, 0.29) is 12.3 Å². The first kappa shape index (κ1) is 18.8. The number of amides is 3. The number of hydrogen-bond acceptors (Lipinski definition) is 6. The second-order valence-electron chi connectivity index (χ2n) is 6.86. The molecule has 2 aliphatic rings. The van der Waals surface area contributed by atoms with E-state index in [9.17, 15) is 19.2 Å². The quantitative estimate of drug-likeness (QED) is 0.590. The maximum Gasteiger partial charge on any atom is 0.355 e. The van der Waals surface area contributed by atoms with Gasteiger partial charge in [-0.15, -0.1) is 0 Å². The normalized spacial score (nSPS) is 24.2. The number of carbonyl (C=O) groups excluding carboxylic acids is 4. The molecule has 0 aromatic heterocycles. The van der Waals surface area contributed by atoms with Crippen molar-refractivity contribution in [3.05, 3.63) is 29.3 Å². The molecule has 8 heteroatoms. The molecule has 1 aromatic rings. The second-order valence-corrected chi connectivity index (χ2v) is 6.86. The number of hydrogen-bond donors (Lipinski definition) is 0. The lowest BCUT2D eigenvalue weighted by atomic mass is 9.85. The van der Waals surface area contributed by atoms with Crippen LogP contribution in [0, 0.1) is 19.8 Å². The summed E-state index contributed by atoms with van der Waals surface area (Å²) < 4.78 is 4.98. The van der Waals surface area contributed by atoms with E-state index in [4.69, 9.17) is 4.74 Å². The van der Waals surface area contributed by atoms with Crippen molar-refractivity contribution in [2.75, 3.05) is 11.5 Å². The number of aryl methyl sites for hydroxylation is 2. The van der Waals surface area contributed by atoms with Crippen LogP contribution in [0.25, 0.3) is 0 Å². The summed E-state index contributed by atoms with van der Waals surface area (Å²) in [5, 5.41) is 4.90. The minimum atomic E-state index is -1.59. The number of rotatable bonds is 3. The number of fused-ring (bicyclic) bond motifs is 1. The molecule has 2 aliphatic heterocycles. The van der Waals surface area contributed by atoms with Crippen LogP contribution in [0.15, 0.2) is 23.3 Å². The van der Waals surface area contributed by atoms with Crippen LogP contribution in [0.2, 0.25) is 0 Å². The molecule has 1 fully saturated rings. The molecule has 142 valence electrons. The van der Waals surface area contributed by atoms with E-state index in [1.54, 1.807) is 19.1 Å². The molecule has 8 nitrogen and oxygen atoms in total. The number of esters is 1. The van der Waals surface area contributed by atoms with E-state index in [0.717, 1.165) is 21.0 Å². The van der Waals surface area contributed by atoms with Gasteiger partial charge in [0, 0.05) is 6.92 Å². The van der Waals surface area contributed by atoms with E-state index in [1.807, 2.05) is 19.9 Å². The van der Waals surface area contributed by atoms with Crippen LogP contribution in [-0.2, 0) is 23.9 Å². The van der Waals surface area contributed by atoms with Gasteiger partial charge in [0.05, 0.1) is 12.3 Å². The Morgan fingerprint density at radius 1 is 1.22 bits per heavy atom. The molecule has 0 N–H and O–H groups in total. The molecule has 2 heterocycles. The fourth-order valence-corrected chi connectivity index (χ4v) is 3.56. The van der Waals surface area contributed by atoms with Crippen molar-refractivity contribution in [1.82, 2.24) is 5.01 Å². The van der Waals surface area contributed by atoms with Gasteiger partial charge < -0.3 is 4.74 Å². The van der Waals surface area contributed by atoms with E-state index < -0.39 is 35.1 Å². The van der Waals surface area contributed by atoms with Crippen LogP contribution in [0.1, 0.15) is 31.9 Å². The van der Waals surface area contributed by atoms with Gasteiger partial charge in [0.15, 0.2) is 11.3 Å². The highest BCUT2D eigenvalue weighted by atomic mass is 16.5. The van der Waals surface area contributed by atoms with Crippen LogP contribution in [0.4, 0.5) is 5.69 Å². The Hall–Kier alpha value is -3.03. The molecule has 0 aliphatic carbocycles. The highest BCUT2D eigenvalue weighted by Crippen LogP contribution is 2.43. The molecule has 0 bridgehead atoms. The summed E-state index contributed by atoms with van der Waals surface area (Å²) in [6.07, 6.45) is 0. The molecule has 3 amide bonds. The average molecular weight is 371 g/mol. The number of anilines is 1. The number of hydrazone groups is 1. The fraction of sp³-hybridized carbons (Fsp3) is 0.421.